The van der Waals surface area contributed by atoms with Gasteiger partial charge in [-0.2, -0.15) is 0 Å². The number of urea groups is 1. The van der Waals surface area contributed by atoms with Crippen LogP contribution in [0.2, 0.25) is 0 Å². The van der Waals surface area contributed by atoms with E-state index in [1.54, 1.807) is 11.0 Å². The number of benzene rings is 1. The lowest BCUT2D eigenvalue weighted by atomic mass is 10.0. The third-order valence-corrected chi connectivity index (χ3v) is 5.03. The molecule has 1 aromatic rings. The molecule has 3 aliphatic heterocycles. The minimum atomic E-state index is -0.534. The molecule has 7 heteroatoms. The SMILES string of the molecule is O=C(c1cc(N2CCNC2=O)ccc1F)N1C[C@H]2CNC[C@H]2C1. The number of carbonyl (C=O) groups is 2. The number of carbonyl (C=O) groups excluding carboxylic acids is 2. The highest BCUT2D eigenvalue weighted by Crippen LogP contribution is 2.29. The molecule has 3 amide bonds. The summed E-state index contributed by atoms with van der Waals surface area (Å²) < 4.78 is 14.2. The molecule has 23 heavy (non-hydrogen) atoms. The second-order valence-electron chi connectivity index (χ2n) is 6.44. The normalized spacial score (nSPS) is 26.6. The Morgan fingerprint density at radius 3 is 2.61 bits per heavy atom. The molecule has 3 heterocycles. The summed E-state index contributed by atoms with van der Waals surface area (Å²) in [6.07, 6.45) is 0. The van der Waals surface area contributed by atoms with Crippen molar-refractivity contribution >= 4 is 17.6 Å². The molecule has 1 aromatic carbocycles. The maximum absolute atomic E-state index is 14.2. The van der Waals surface area contributed by atoms with Crippen LogP contribution in [0, 0.1) is 17.7 Å². The van der Waals surface area contributed by atoms with Crippen LogP contribution >= 0.6 is 0 Å². The summed E-state index contributed by atoms with van der Waals surface area (Å²) in [5.41, 5.74) is 0.612. The Morgan fingerprint density at radius 2 is 1.96 bits per heavy atom. The average molecular weight is 318 g/mol. The fourth-order valence-electron chi connectivity index (χ4n) is 3.75. The maximum atomic E-state index is 14.2. The number of hydrogen-bond acceptors (Lipinski definition) is 3. The molecule has 0 radical (unpaired) electrons. The topological polar surface area (TPSA) is 64.7 Å². The first-order valence-corrected chi connectivity index (χ1v) is 7.98. The van der Waals surface area contributed by atoms with Gasteiger partial charge in [-0.05, 0) is 30.0 Å². The van der Waals surface area contributed by atoms with Gasteiger partial charge in [0.15, 0.2) is 0 Å². The largest absolute Gasteiger partial charge is 0.338 e. The van der Waals surface area contributed by atoms with Crippen LogP contribution in [0.25, 0.3) is 0 Å². The zero-order chi connectivity index (χ0) is 16.0. The van der Waals surface area contributed by atoms with E-state index < -0.39 is 5.82 Å². The van der Waals surface area contributed by atoms with E-state index in [1.165, 1.54) is 17.0 Å². The number of fused-ring (bicyclic) bond motifs is 1. The molecule has 3 aliphatic rings. The first-order chi connectivity index (χ1) is 11.1. The summed E-state index contributed by atoms with van der Waals surface area (Å²) in [4.78, 5) is 27.7. The Balaban J connectivity index is 1.58. The third kappa shape index (κ3) is 2.45. The number of likely N-dealkylation sites (tertiary alicyclic amines) is 1. The Bertz CT molecular complexity index is 653. The van der Waals surface area contributed by atoms with E-state index >= 15 is 0 Å². The number of nitrogens with one attached hydrogen (secondary N) is 2. The summed E-state index contributed by atoms with van der Waals surface area (Å²) in [7, 11) is 0. The van der Waals surface area contributed by atoms with Crippen molar-refractivity contribution in [3.63, 3.8) is 0 Å². The fourth-order valence-corrected chi connectivity index (χ4v) is 3.75. The van der Waals surface area contributed by atoms with Crippen molar-refractivity contribution in [1.29, 1.82) is 0 Å². The number of rotatable bonds is 2. The number of anilines is 1. The van der Waals surface area contributed by atoms with Gasteiger partial charge in [0, 0.05) is 45.0 Å². The van der Waals surface area contributed by atoms with Gasteiger partial charge in [-0.15, -0.1) is 0 Å². The summed E-state index contributed by atoms with van der Waals surface area (Å²) in [6.45, 7) is 4.27. The van der Waals surface area contributed by atoms with Crippen LogP contribution in [0.15, 0.2) is 18.2 Å². The Labute approximate surface area is 133 Å². The van der Waals surface area contributed by atoms with Crippen LogP contribution in [-0.4, -0.2) is 56.1 Å². The quantitative estimate of drug-likeness (QED) is 0.841. The predicted molar refractivity (Wildman–Crippen MR) is 82.9 cm³/mol. The van der Waals surface area contributed by atoms with E-state index in [0.717, 1.165) is 13.1 Å². The predicted octanol–water partition coefficient (Wildman–Crippen LogP) is 0.647. The molecule has 4 rings (SSSR count). The first-order valence-electron chi connectivity index (χ1n) is 7.98. The summed E-state index contributed by atoms with van der Waals surface area (Å²) >= 11 is 0. The van der Waals surface area contributed by atoms with E-state index in [-0.39, 0.29) is 17.5 Å². The lowest BCUT2D eigenvalue weighted by molar-refractivity contribution is 0.0777. The molecule has 0 bridgehead atoms. The molecule has 6 nitrogen and oxygen atoms in total. The standard InChI is InChI=1S/C16H19FN4O2/c17-14-2-1-12(21-4-3-19-16(21)23)5-13(14)15(22)20-8-10-6-18-7-11(10)9-20/h1-2,5,10-11,18H,3-4,6-9H2,(H,19,23)/t10-,11+. The number of nitrogens with zero attached hydrogens (tertiary/aromatic N) is 2. The fraction of sp³-hybridized carbons (Fsp3) is 0.500. The molecule has 2 atom stereocenters. The molecule has 0 saturated carbocycles. The zero-order valence-electron chi connectivity index (χ0n) is 12.7. The van der Waals surface area contributed by atoms with E-state index in [4.69, 9.17) is 0 Å². The highest BCUT2D eigenvalue weighted by Gasteiger charge is 2.39. The third-order valence-electron chi connectivity index (χ3n) is 5.03. The lowest BCUT2D eigenvalue weighted by Gasteiger charge is -2.20. The van der Waals surface area contributed by atoms with Crippen LogP contribution in [0.5, 0.6) is 0 Å². The molecule has 2 N–H and O–H groups in total. The van der Waals surface area contributed by atoms with Crippen LogP contribution in [-0.2, 0) is 0 Å². The van der Waals surface area contributed by atoms with Crippen LogP contribution < -0.4 is 15.5 Å². The second-order valence-corrected chi connectivity index (χ2v) is 6.44. The van der Waals surface area contributed by atoms with E-state index in [9.17, 15) is 14.0 Å². The van der Waals surface area contributed by atoms with Crippen LogP contribution in [0.3, 0.4) is 0 Å². The van der Waals surface area contributed by atoms with Crippen LogP contribution in [0.1, 0.15) is 10.4 Å². The summed E-state index contributed by atoms with van der Waals surface area (Å²) in [5.74, 6) is 0.121. The van der Waals surface area contributed by atoms with Crippen molar-refractivity contribution in [2.75, 3.05) is 44.2 Å². The van der Waals surface area contributed by atoms with Gasteiger partial charge in [-0.1, -0.05) is 0 Å². The van der Waals surface area contributed by atoms with Gasteiger partial charge in [0.1, 0.15) is 5.82 Å². The molecule has 122 valence electrons. The monoisotopic (exact) mass is 318 g/mol. The molecular formula is C16H19FN4O2. The van der Waals surface area contributed by atoms with Crippen molar-refractivity contribution in [2.24, 2.45) is 11.8 Å². The molecule has 0 aliphatic carbocycles. The summed E-state index contributed by atoms with van der Waals surface area (Å²) in [5, 5.41) is 6.03. The highest BCUT2D eigenvalue weighted by molar-refractivity contribution is 5.98. The van der Waals surface area contributed by atoms with Gasteiger partial charge in [-0.3, -0.25) is 9.69 Å². The Hall–Kier alpha value is -2.15. The van der Waals surface area contributed by atoms with Gasteiger partial charge >= 0.3 is 6.03 Å². The minimum Gasteiger partial charge on any atom is -0.338 e. The van der Waals surface area contributed by atoms with Gasteiger partial charge < -0.3 is 15.5 Å². The first kappa shape index (κ1) is 14.4. The van der Waals surface area contributed by atoms with Crippen molar-refractivity contribution in [1.82, 2.24) is 15.5 Å². The zero-order valence-corrected chi connectivity index (χ0v) is 12.7. The van der Waals surface area contributed by atoms with Crippen molar-refractivity contribution in [3.8, 4) is 0 Å². The van der Waals surface area contributed by atoms with Gasteiger partial charge in [-0.25, -0.2) is 9.18 Å². The Morgan fingerprint density at radius 1 is 1.22 bits per heavy atom. The lowest BCUT2D eigenvalue weighted by Crippen LogP contribution is -2.33. The van der Waals surface area contributed by atoms with Gasteiger partial charge in [0.05, 0.1) is 5.56 Å². The number of hydrogen-bond donors (Lipinski definition) is 2. The molecule has 3 saturated heterocycles. The van der Waals surface area contributed by atoms with E-state index in [2.05, 4.69) is 10.6 Å². The van der Waals surface area contributed by atoms with Crippen molar-refractivity contribution in [2.45, 2.75) is 0 Å². The minimum absolute atomic E-state index is 0.0510. The average Bonchev–Trinajstić information content (AvgIpc) is 3.22. The molecular weight excluding hydrogens is 299 g/mol. The van der Waals surface area contributed by atoms with E-state index in [1.807, 2.05) is 0 Å². The second kappa shape index (κ2) is 5.49. The maximum Gasteiger partial charge on any atom is 0.321 e. The van der Waals surface area contributed by atoms with Gasteiger partial charge in [0.2, 0.25) is 0 Å². The smallest absolute Gasteiger partial charge is 0.321 e. The molecule has 3 fully saturated rings. The van der Waals surface area contributed by atoms with Gasteiger partial charge in [0.25, 0.3) is 5.91 Å². The van der Waals surface area contributed by atoms with E-state index in [0.29, 0.717) is 43.7 Å². The molecule has 0 spiro atoms. The number of amides is 3. The molecule has 0 aromatic heterocycles. The molecule has 0 unspecified atom stereocenters. The Kier molecular flexibility index (Phi) is 3.45. The van der Waals surface area contributed by atoms with Crippen LogP contribution in [0.4, 0.5) is 14.9 Å². The summed E-state index contributed by atoms with van der Waals surface area (Å²) in [6, 6.07) is 4.10. The highest BCUT2D eigenvalue weighted by atomic mass is 19.1. The van der Waals surface area contributed by atoms with Crippen molar-refractivity contribution < 1.29 is 14.0 Å². The van der Waals surface area contributed by atoms with Crippen molar-refractivity contribution in [3.05, 3.63) is 29.6 Å². The number of halogens is 1.